The molecule has 1 aliphatic rings. The van der Waals surface area contributed by atoms with E-state index in [1.54, 1.807) is 0 Å². The van der Waals surface area contributed by atoms with Crippen LogP contribution in [0.5, 0.6) is 0 Å². The van der Waals surface area contributed by atoms with Crippen molar-refractivity contribution < 1.29 is 5.11 Å². The molecular formula is C30H32N2OS. The summed E-state index contributed by atoms with van der Waals surface area (Å²) in [5.41, 5.74) is 5.04. The van der Waals surface area contributed by atoms with E-state index in [1.165, 1.54) is 26.4 Å². The number of aromatic nitrogens is 2. The Morgan fingerprint density at radius 3 is 2.44 bits per heavy atom. The number of rotatable bonds is 8. The number of aliphatic hydroxyl groups is 1. The Kier molecular flexibility index (Phi) is 7.47. The second-order valence-corrected chi connectivity index (χ2v) is 10.7. The molecule has 2 heterocycles. The van der Waals surface area contributed by atoms with Crippen LogP contribution in [0.4, 0.5) is 0 Å². The summed E-state index contributed by atoms with van der Waals surface area (Å²) in [5.74, 6) is 1.56. The van der Waals surface area contributed by atoms with E-state index in [4.69, 9.17) is 4.98 Å². The molecule has 0 amide bonds. The number of hydrogen-bond donors (Lipinski definition) is 1. The molecule has 0 bridgehead atoms. The highest BCUT2D eigenvalue weighted by atomic mass is 32.1. The average molecular weight is 469 g/mol. The molecule has 2 aromatic carbocycles. The van der Waals surface area contributed by atoms with Crippen molar-refractivity contribution in [3.63, 3.8) is 0 Å². The monoisotopic (exact) mass is 468 g/mol. The molecule has 174 valence electrons. The quantitative estimate of drug-likeness (QED) is 0.314. The van der Waals surface area contributed by atoms with Crippen LogP contribution in [0.2, 0.25) is 0 Å². The molecule has 0 saturated heterocycles. The summed E-state index contributed by atoms with van der Waals surface area (Å²) in [5, 5.41) is 9.77. The van der Waals surface area contributed by atoms with Crippen LogP contribution in [-0.2, 0) is 25.7 Å². The molecule has 1 aliphatic carbocycles. The lowest BCUT2D eigenvalue weighted by atomic mass is 9.83. The van der Waals surface area contributed by atoms with E-state index >= 15 is 0 Å². The number of thiophene rings is 1. The average Bonchev–Trinajstić information content (AvgIpc) is 3.35. The van der Waals surface area contributed by atoms with Gasteiger partial charge in [0.1, 0.15) is 5.82 Å². The minimum Gasteiger partial charge on any atom is -0.393 e. The minimum absolute atomic E-state index is 0.0877. The lowest BCUT2D eigenvalue weighted by molar-refractivity contribution is 0.109. The fraction of sp³-hybridized carbons (Fsp3) is 0.333. The fourth-order valence-electron chi connectivity index (χ4n) is 4.92. The second kappa shape index (κ2) is 11.1. The van der Waals surface area contributed by atoms with Gasteiger partial charge in [0.2, 0.25) is 0 Å². The molecule has 0 spiro atoms. The van der Waals surface area contributed by atoms with Crippen molar-refractivity contribution in [1.82, 2.24) is 9.97 Å². The molecule has 2 aromatic heterocycles. The number of aliphatic hydroxyl groups excluding tert-OH is 1. The second-order valence-electron chi connectivity index (χ2n) is 9.49. The molecule has 0 radical (unpaired) electrons. The van der Waals surface area contributed by atoms with Gasteiger partial charge in [-0.05, 0) is 85.8 Å². The molecule has 4 aromatic rings. The van der Waals surface area contributed by atoms with Crippen LogP contribution < -0.4 is 0 Å². The van der Waals surface area contributed by atoms with E-state index in [0.717, 1.165) is 62.9 Å². The molecule has 0 atom stereocenters. The number of benzene rings is 2. The third kappa shape index (κ3) is 6.19. The molecular weight excluding hydrogens is 436 g/mol. The van der Waals surface area contributed by atoms with Crippen molar-refractivity contribution in [3.8, 4) is 10.6 Å². The highest BCUT2D eigenvalue weighted by Crippen LogP contribution is 2.29. The topological polar surface area (TPSA) is 46.0 Å². The van der Waals surface area contributed by atoms with Crippen molar-refractivity contribution >= 4 is 11.3 Å². The van der Waals surface area contributed by atoms with Crippen molar-refractivity contribution in [1.29, 1.82) is 0 Å². The van der Waals surface area contributed by atoms with Gasteiger partial charge in [0.15, 0.2) is 0 Å². The Bertz CT molecular complexity index is 1200. The van der Waals surface area contributed by atoms with Gasteiger partial charge in [-0.15, -0.1) is 11.3 Å². The molecule has 1 N–H and O–H groups in total. The van der Waals surface area contributed by atoms with Gasteiger partial charge in [-0.1, -0.05) is 54.6 Å². The summed E-state index contributed by atoms with van der Waals surface area (Å²) < 4.78 is 0. The lowest BCUT2D eigenvalue weighted by Gasteiger charge is -2.25. The van der Waals surface area contributed by atoms with Gasteiger partial charge in [-0.3, -0.25) is 0 Å². The molecule has 0 unspecified atom stereocenters. The molecule has 0 aliphatic heterocycles. The van der Waals surface area contributed by atoms with Gasteiger partial charge in [0, 0.05) is 17.5 Å². The first-order chi connectivity index (χ1) is 16.7. The first-order valence-electron chi connectivity index (χ1n) is 12.4. The van der Waals surface area contributed by atoms with Crippen LogP contribution in [0, 0.1) is 5.92 Å². The SMILES string of the molecule is OC1CCC(Cc2cccc(Cc3nccc(-c4ccc(CCc5ccccc5)s4)n3)c2)CC1. The summed E-state index contributed by atoms with van der Waals surface area (Å²) in [7, 11) is 0. The van der Waals surface area contributed by atoms with Crippen molar-refractivity contribution in [2.45, 2.75) is 57.5 Å². The summed E-state index contributed by atoms with van der Waals surface area (Å²) in [4.78, 5) is 12.1. The maximum Gasteiger partial charge on any atom is 0.133 e. The van der Waals surface area contributed by atoms with E-state index < -0.39 is 0 Å². The maximum atomic E-state index is 9.77. The Morgan fingerprint density at radius 1 is 0.794 bits per heavy atom. The minimum atomic E-state index is -0.0877. The van der Waals surface area contributed by atoms with Crippen molar-refractivity contribution in [3.05, 3.63) is 106 Å². The van der Waals surface area contributed by atoms with Crippen LogP contribution >= 0.6 is 11.3 Å². The van der Waals surface area contributed by atoms with Crippen molar-refractivity contribution in [2.24, 2.45) is 5.92 Å². The number of nitrogens with zero attached hydrogens (tertiary/aromatic N) is 2. The van der Waals surface area contributed by atoms with Crippen LogP contribution in [-0.4, -0.2) is 21.2 Å². The maximum absolute atomic E-state index is 9.77. The Morgan fingerprint density at radius 2 is 1.59 bits per heavy atom. The Hall–Kier alpha value is -2.82. The summed E-state index contributed by atoms with van der Waals surface area (Å²) in [6.07, 6.45) is 9.92. The van der Waals surface area contributed by atoms with Crippen LogP contribution in [0.3, 0.4) is 0 Å². The predicted molar refractivity (Wildman–Crippen MR) is 140 cm³/mol. The van der Waals surface area contributed by atoms with E-state index in [1.807, 2.05) is 23.6 Å². The summed E-state index contributed by atoms with van der Waals surface area (Å²) in [6, 6.07) is 26.0. The lowest BCUT2D eigenvalue weighted by Crippen LogP contribution is -2.19. The highest BCUT2D eigenvalue weighted by Gasteiger charge is 2.19. The van der Waals surface area contributed by atoms with Gasteiger partial charge in [0.25, 0.3) is 0 Å². The Balaban J connectivity index is 1.22. The smallest absolute Gasteiger partial charge is 0.133 e. The van der Waals surface area contributed by atoms with Crippen molar-refractivity contribution in [2.75, 3.05) is 0 Å². The molecule has 3 nitrogen and oxygen atoms in total. The van der Waals surface area contributed by atoms with Crippen LogP contribution in [0.15, 0.2) is 79.0 Å². The third-order valence-corrected chi connectivity index (χ3v) is 7.98. The van der Waals surface area contributed by atoms with Gasteiger partial charge < -0.3 is 5.11 Å². The molecule has 1 fully saturated rings. The van der Waals surface area contributed by atoms with E-state index in [-0.39, 0.29) is 6.10 Å². The zero-order chi connectivity index (χ0) is 23.2. The molecule has 34 heavy (non-hydrogen) atoms. The summed E-state index contributed by atoms with van der Waals surface area (Å²) >= 11 is 1.83. The van der Waals surface area contributed by atoms with Crippen LogP contribution in [0.25, 0.3) is 10.6 Å². The van der Waals surface area contributed by atoms with E-state index in [0.29, 0.717) is 5.92 Å². The standard InChI is InChI=1S/C30H32N2OS/c33-26-12-9-23(10-13-26)19-24-7-4-8-25(20-24)21-30-31-18-17-28(32-30)29-16-15-27(34-29)14-11-22-5-2-1-3-6-22/h1-8,15-18,20,23,26,33H,9-14,19,21H2. The zero-order valence-electron chi connectivity index (χ0n) is 19.6. The van der Waals surface area contributed by atoms with Gasteiger partial charge >= 0.3 is 0 Å². The van der Waals surface area contributed by atoms with Gasteiger partial charge in [0.05, 0.1) is 16.7 Å². The van der Waals surface area contributed by atoms with E-state index in [9.17, 15) is 5.11 Å². The Labute approximate surface area is 206 Å². The number of aryl methyl sites for hydroxylation is 2. The zero-order valence-corrected chi connectivity index (χ0v) is 20.4. The van der Waals surface area contributed by atoms with Gasteiger partial charge in [-0.2, -0.15) is 0 Å². The van der Waals surface area contributed by atoms with Crippen LogP contribution in [0.1, 0.15) is 53.1 Å². The third-order valence-electron chi connectivity index (χ3n) is 6.82. The number of hydrogen-bond acceptors (Lipinski definition) is 4. The highest BCUT2D eigenvalue weighted by molar-refractivity contribution is 7.15. The normalized spacial score (nSPS) is 18.1. The summed E-state index contributed by atoms with van der Waals surface area (Å²) in [6.45, 7) is 0. The molecule has 4 heteroatoms. The molecule has 1 saturated carbocycles. The van der Waals surface area contributed by atoms with Gasteiger partial charge in [-0.25, -0.2) is 9.97 Å². The fourth-order valence-corrected chi connectivity index (χ4v) is 5.89. The first kappa shape index (κ1) is 22.9. The largest absolute Gasteiger partial charge is 0.393 e. The molecule has 5 rings (SSSR count). The first-order valence-corrected chi connectivity index (χ1v) is 13.2. The van der Waals surface area contributed by atoms with E-state index in [2.05, 4.69) is 71.7 Å². The predicted octanol–water partition coefficient (Wildman–Crippen LogP) is 6.67.